The molecule has 2 heterocycles. The molecule has 1 N–H and O–H groups in total. The van der Waals surface area contributed by atoms with Crippen LogP contribution in [0.4, 0.5) is 11.4 Å². The third-order valence-electron chi connectivity index (χ3n) is 4.52. The molecule has 1 saturated heterocycles. The van der Waals surface area contributed by atoms with Gasteiger partial charge in [0.15, 0.2) is 6.04 Å². The van der Waals surface area contributed by atoms with E-state index in [2.05, 4.69) is 20.8 Å². The van der Waals surface area contributed by atoms with Gasteiger partial charge in [0.2, 0.25) is 10.0 Å². The maximum Gasteiger partial charge on any atom is 0.253 e. The van der Waals surface area contributed by atoms with Crippen LogP contribution in [0.25, 0.3) is 0 Å². The Kier molecular flexibility index (Phi) is 4.78. The van der Waals surface area contributed by atoms with E-state index in [1.165, 1.54) is 15.3 Å². The van der Waals surface area contributed by atoms with Gasteiger partial charge >= 0.3 is 0 Å². The van der Waals surface area contributed by atoms with Crippen molar-refractivity contribution in [2.24, 2.45) is 0 Å². The Bertz CT molecular complexity index is 1050. The number of benzene rings is 2. The lowest BCUT2D eigenvalue weighted by molar-refractivity contribution is -0.118. The molecule has 0 radical (unpaired) electrons. The van der Waals surface area contributed by atoms with Crippen molar-refractivity contribution in [2.75, 3.05) is 21.9 Å². The van der Waals surface area contributed by atoms with Crippen molar-refractivity contribution in [2.45, 2.75) is 12.5 Å². The molecule has 0 spiro atoms. The monoisotopic (exact) mass is 398 g/mol. The van der Waals surface area contributed by atoms with Crippen LogP contribution >= 0.6 is 0 Å². The topological polar surface area (TPSA) is 110 Å². The van der Waals surface area contributed by atoms with Gasteiger partial charge in [-0.3, -0.25) is 9.10 Å². The zero-order valence-corrected chi connectivity index (χ0v) is 15.7. The molecule has 1 amide bonds. The number of nitrogens with one attached hydrogen (secondary N) is 1. The van der Waals surface area contributed by atoms with Crippen LogP contribution in [0.1, 0.15) is 18.0 Å². The number of aromatic nitrogens is 4. The van der Waals surface area contributed by atoms with E-state index in [0.717, 1.165) is 5.56 Å². The number of carbonyl (C=O) groups excluding carboxylic acids is 1. The van der Waals surface area contributed by atoms with E-state index in [0.29, 0.717) is 24.3 Å². The van der Waals surface area contributed by atoms with Gasteiger partial charge in [-0.15, -0.1) is 5.10 Å². The number of nitrogens with zero attached hydrogens (tertiary/aromatic N) is 5. The zero-order valence-electron chi connectivity index (χ0n) is 14.8. The van der Waals surface area contributed by atoms with Crippen LogP contribution in [0.2, 0.25) is 0 Å². The van der Waals surface area contributed by atoms with E-state index in [9.17, 15) is 13.2 Å². The molecule has 0 bridgehead atoms. The van der Waals surface area contributed by atoms with Crippen LogP contribution in [-0.4, -0.2) is 46.8 Å². The number of hydrogen-bond acceptors (Lipinski definition) is 6. The summed E-state index contributed by atoms with van der Waals surface area (Å²) < 4.78 is 26.9. The Morgan fingerprint density at radius 3 is 2.43 bits per heavy atom. The van der Waals surface area contributed by atoms with Gasteiger partial charge in [-0.05, 0) is 46.7 Å². The van der Waals surface area contributed by atoms with Crippen molar-refractivity contribution in [3.8, 4) is 0 Å². The Morgan fingerprint density at radius 2 is 1.82 bits per heavy atom. The van der Waals surface area contributed by atoms with Crippen LogP contribution in [-0.2, 0) is 14.8 Å². The minimum absolute atomic E-state index is 0.163. The average Bonchev–Trinajstić information content (AvgIpc) is 3.33. The zero-order chi connectivity index (χ0) is 19.6. The summed E-state index contributed by atoms with van der Waals surface area (Å²) in [6, 6.07) is 15.2. The number of rotatable bonds is 5. The highest BCUT2D eigenvalue weighted by atomic mass is 32.2. The first-order valence-corrected chi connectivity index (χ1v) is 10.3. The maximum atomic E-state index is 12.9. The van der Waals surface area contributed by atoms with Crippen molar-refractivity contribution in [3.05, 3.63) is 66.5 Å². The molecule has 144 valence electrons. The second kappa shape index (κ2) is 7.39. The third kappa shape index (κ3) is 3.58. The molecule has 3 aromatic rings. The molecule has 9 nitrogen and oxygen atoms in total. The normalized spacial score (nSPS) is 16.6. The second-order valence-corrected chi connectivity index (χ2v) is 8.39. The number of hydrogen-bond donors (Lipinski definition) is 1. The maximum absolute atomic E-state index is 12.9. The molecule has 2 aromatic carbocycles. The van der Waals surface area contributed by atoms with E-state index in [1.54, 1.807) is 24.3 Å². The van der Waals surface area contributed by atoms with Crippen molar-refractivity contribution in [3.63, 3.8) is 0 Å². The predicted molar refractivity (Wildman–Crippen MR) is 103 cm³/mol. The largest absolute Gasteiger partial charge is 0.324 e. The standard InChI is InChI=1S/C18H18N6O3S/c25-18(17(23-13-19-21-22-23)14-5-2-1-3-6-14)20-15-7-9-16(10-8-15)24-11-4-12-28(24,26)27/h1-3,5-10,13,17H,4,11-12H2,(H,20,25)/t17-/m1/s1. The highest BCUT2D eigenvalue weighted by Gasteiger charge is 2.28. The minimum atomic E-state index is -3.23. The van der Waals surface area contributed by atoms with E-state index in [4.69, 9.17) is 0 Å². The first kappa shape index (κ1) is 18.1. The van der Waals surface area contributed by atoms with Crippen LogP contribution in [0, 0.1) is 0 Å². The van der Waals surface area contributed by atoms with Gasteiger partial charge in [0.05, 0.1) is 11.4 Å². The van der Waals surface area contributed by atoms with E-state index in [-0.39, 0.29) is 11.7 Å². The van der Waals surface area contributed by atoms with Crippen molar-refractivity contribution in [1.29, 1.82) is 0 Å². The molecule has 1 aliphatic rings. The Morgan fingerprint density at radius 1 is 1.07 bits per heavy atom. The quantitative estimate of drug-likeness (QED) is 0.696. The van der Waals surface area contributed by atoms with Gasteiger partial charge < -0.3 is 5.32 Å². The smallest absolute Gasteiger partial charge is 0.253 e. The molecule has 0 unspecified atom stereocenters. The second-order valence-electron chi connectivity index (χ2n) is 6.38. The molecule has 1 atom stereocenters. The fraction of sp³-hybridized carbons (Fsp3) is 0.222. The first-order chi connectivity index (χ1) is 13.5. The number of carbonyl (C=O) groups is 1. The van der Waals surface area contributed by atoms with Crippen molar-refractivity contribution in [1.82, 2.24) is 20.2 Å². The predicted octanol–water partition coefficient (Wildman–Crippen LogP) is 1.44. The lowest BCUT2D eigenvalue weighted by Gasteiger charge is -2.19. The highest BCUT2D eigenvalue weighted by Crippen LogP contribution is 2.26. The summed E-state index contributed by atoms with van der Waals surface area (Å²) >= 11 is 0. The van der Waals surface area contributed by atoms with Gasteiger partial charge in [0.25, 0.3) is 5.91 Å². The lowest BCUT2D eigenvalue weighted by Crippen LogP contribution is -2.28. The molecule has 28 heavy (non-hydrogen) atoms. The molecular formula is C18H18N6O3S. The molecule has 1 aliphatic heterocycles. The van der Waals surface area contributed by atoms with Gasteiger partial charge in [-0.25, -0.2) is 13.1 Å². The van der Waals surface area contributed by atoms with Crippen LogP contribution in [0.3, 0.4) is 0 Å². The molecule has 10 heteroatoms. The summed E-state index contributed by atoms with van der Waals surface area (Å²) in [6.07, 6.45) is 2.00. The molecule has 1 fully saturated rings. The van der Waals surface area contributed by atoms with Gasteiger partial charge in [0, 0.05) is 12.2 Å². The lowest BCUT2D eigenvalue weighted by atomic mass is 10.1. The van der Waals surface area contributed by atoms with E-state index in [1.807, 2.05) is 30.3 Å². The Labute approximate surface area is 162 Å². The van der Waals surface area contributed by atoms with E-state index >= 15 is 0 Å². The van der Waals surface area contributed by atoms with Crippen LogP contribution in [0.5, 0.6) is 0 Å². The molecule has 1 aromatic heterocycles. The van der Waals surface area contributed by atoms with Gasteiger partial charge in [-0.1, -0.05) is 30.3 Å². The summed E-state index contributed by atoms with van der Waals surface area (Å²) in [5.74, 6) is -0.143. The fourth-order valence-corrected chi connectivity index (χ4v) is 4.76. The summed E-state index contributed by atoms with van der Waals surface area (Å²) in [5.41, 5.74) is 1.89. The third-order valence-corrected chi connectivity index (χ3v) is 6.38. The highest BCUT2D eigenvalue weighted by molar-refractivity contribution is 7.93. The summed E-state index contributed by atoms with van der Waals surface area (Å²) in [4.78, 5) is 12.9. The van der Waals surface area contributed by atoms with Crippen LogP contribution < -0.4 is 9.62 Å². The number of anilines is 2. The Hall–Kier alpha value is -3.27. The van der Waals surface area contributed by atoms with Crippen molar-refractivity contribution < 1.29 is 13.2 Å². The van der Waals surface area contributed by atoms with Crippen molar-refractivity contribution >= 4 is 27.3 Å². The summed E-state index contributed by atoms with van der Waals surface area (Å²) in [5, 5.41) is 13.9. The molecule has 0 saturated carbocycles. The fourth-order valence-electron chi connectivity index (χ4n) is 3.20. The van der Waals surface area contributed by atoms with Gasteiger partial charge in [0.1, 0.15) is 6.33 Å². The van der Waals surface area contributed by atoms with Crippen LogP contribution in [0.15, 0.2) is 60.9 Å². The molecular weight excluding hydrogens is 380 g/mol. The minimum Gasteiger partial charge on any atom is -0.324 e. The van der Waals surface area contributed by atoms with E-state index < -0.39 is 16.1 Å². The first-order valence-electron chi connectivity index (χ1n) is 8.73. The number of sulfonamides is 1. The summed E-state index contributed by atoms with van der Waals surface area (Å²) in [7, 11) is -3.23. The Balaban J connectivity index is 1.55. The SMILES string of the molecule is O=C(Nc1ccc(N2CCCS2(=O)=O)cc1)[C@@H](c1ccccc1)n1cnnn1. The number of amides is 1. The number of tetrazole rings is 1. The molecule has 4 rings (SSSR count). The summed E-state index contributed by atoms with van der Waals surface area (Å²) in [6.45, 7) is 0.476. The van der Waals surface area contributed by atoms with Gasteiger partial charge in [-0.2, -0.15) is 0 Å². The molecule has 0 aliphatic carbocycles. The average molecular weight is 398 g/mol.